The van der Waals surface area contributed by atoms with Gasteiger partial charge in [0.1, 0.15) is 0 Å². The second kappa shape index (κ2) is 13.4. The highest BCUT2D eigenvalue weighted by Gasteiger charge is 2.08. The molecule has 0 atom stereocenters. The van der Waals surface area contributed by atoms with Crippen LogP contribution in [0.4, 0.5) is 0 Å². The molecule has 0 aliphatic heterocycles. The summed E-state index contributed by atoms with van der Waals surface area (Å²) < 4.78 is 9.93. The molecule has 0 bridgehead atoms. The van der Waals surface area contributed by atoms with Gasteiger partial charge in [-0.2, -0.15) is 0 Å². The summed E-state index contributed by atoms with van der Waals surface area (Å²) in [4.78, 5) is 22.5. The normalized spacial score (nSPS) is 10.2. The van der Waals surface area contributed by atoms with Crippen LogP contribution in [0.15, 0.2) is 0 Å². The van der Waals surface area contributed by atoms with Crippen LogP contribution in [0.1, 0.15) is 71.6 Å². The van der Waals surface area contributed by atoms with Gasteiger partial charge >= 0.3 is 11.9 Å². The topological polar surface area (TPSA) is 52.6 Å². The molecule has 0 aliphatic rings. The third-order valence-electron chi connectivity index (χ3n) is 2.76. The lowest BCUT2D eigenvalue weighted by Crippen LogP contribution is -2.11. The molecule has 0 aromatic rings. The van der Waals surface area contributed by atoms with E-state index in [1.807, 2.05) is 6.92 Å². The molecule has 0 aliphatic carbocycles. The van der Waals surface area contributed by atoms with Crippen molar-refractivity contribution in [1.29, 1.82) is 0 Å². The van der Waals surface area contributed by atoms with Crippen LogP contribution < -0.4 is 0 Å². The van der Waals surface area contributed by atoms with Gasteiger partial charge in [-0.15, -0.1) is 0 Å². The van der Waals surface area contributed by atoms with Crippen molar-refractivity contribution in [2.75, 3.05) is 13.2 Å². The Balaban J connectivity index is 3.32. The lowest BCUT2D eigenvalue weighted by molar-refractivity contribution is -0.150. The molecule has 0 radical (unpaired) electrons. The Morgan fingerprint density at radius 1 is 0.684 bits per heavy atom. The van der Waals surface area contributed by atoms with E-state index in [1.165, 1.54) is 25.7 Å². The number of carbonyl (C=O) groups excluding carboxylic acids is 2. The first-order chi connectivity index (χ1) is 9.20. The Morgan fingerprint density at radius 2 is 1.21 bits per heavy atom. The molecule has 0 N–H and O–H groups in total. The van der Waals surface area contributed by atoms with Gasteiger partial charge in [0.25, 0.3) is 0 Å². The number of hydrogen-bond donors (Lipinski definition) is 0. The molecule has 0 saturated heterocycles. The highest BCUT2D eigenvalue weighted by Crippen LogP contribution is 2.05. The van der Waals surface area contributed by atoms with Crippen molar-refractivity contribution in [2.24, 2.45) is 0 Å². The third-order valence-corrected chi connectivity index (χ3v) is 2.76. The van der Waals surface area contributed by atoms with E-state index in [9.17, 15) is 9.59 Å². The zero-order valence-corrected chi connectivity index (χ0v) is 12.4. The number of carbonyl (C=O) groups is 2. The monoisotopic (exact) mass is 272 g/mol. The molecule has 4 nitrogen and oxygen atoms in total. The van der Waals surface area contributed by atoms with Crippen molar-refractivity contribution in [3.63, 3.8) is 0 Å². The smallest absolute Gasteiger partial charge is 0.306 e. The van der Waals surface area contributed by atoms with Crippen molar-refractivity contribution in [1.82, 2.24) is 0 Å². The minimum atomic E-state index is -0.321. The molecule has 0 heterocycles. The number of ether oxygens (including phenoxy) is 2. The molecule has 4 heteroatoms. The van der Waals surface area contributed by atoms with Crippen LogP contribution in [0.25, 0.3) is 0 Å². The summed E-state index contributed by atoms with van der Waals surface area (Å²) in [5, 5.41) is 0. The molecular weight excluding hydrogens is 244 g/mol. The van der Waals surface area contributed by atoms with Gasteiger partial charge in [-0.05, 0) is 12.8 Å². The van der Waals surface area contributed by atoms with Gasteiger partial charge in [0, 0.05) is 0 Å². The summed E-state index contributed by atoms with van der Waals surface area (Å²) in [7, 11) is 0. The molecular formula is C15H28O4. The van der Waals surface area contributed by atoms with Gasteiger partial charge in [-0.3, -0.25) is 9.59 Å². The Hall–Kier alpha value is -1.06. The van der Waals surface area contributed by atoms with Crippen LogP contribution in [0.5, 0.6) is 0 Å². The van der Waals surface area contributed by atoms with Crippen molar-refractivity contribution in [3.8, 4) is 0 Å². The second-order valence-corrected chi connectivity index (χ2v) is 4.71. The first kappa shape index (κ1) is 17.9. The first-order valence-electron chi connectivity index (χ1n) is 7.52. The van der Waals surface area contributed by atoms with E-state index in [4.69, 9.17) is 9.47 Å². The average Bonchev–Trinajstić information content (AvgIpc) is 2.41. The lowest BCUT2D eigenvalue weighted by atomic mass is 10.1. The molecule has 0 aromatic carbocycles. The van der Waals surface area contributed by atoms with Crippen LogP contribution in [0, 0.1) is 0 Å². The Kier molecular flexibility index (Phi) is 12.6. The van der Waals surface area contributed by atoms with E-state index in [2.05, 4.69) is 6.92 Å². The van der Waals surface area contributed by atoms with Crippen molar-refractivity contribution >= 4 is 11.9 Å². The standard InChI is InChI=1S/C15H28O4/c1-3-5-6-7-8-9-13-19-15(17)11-10-14(16)18-12-4-2/h3-13H2,1-2H3. The van der Waals surface area contributed by atoms with E-state index >= 15 is 0 Å². The molecule has 19 heavy (non-hydrogen) atoms. The molecule has 0 unspecified atom stereocenters. The molecule has 0 saturated carbocycles. The molecule has 0 spiro atoms. The van der Waals surface area contributed by atoms with E-state index in [-0.39, 0.29) is 24.8 Å². The van der Waals surface area contributed by atoms with E-state index in [0.29, 0.717) is 13.2 Å². The third kappa shape index (κ3) is 13.2. The van der Waals surface area contributed by atoms with Crippen LogP contribution in [0.2, 0.25) is 0 Å². The predicted molar refractivity (Wildman–Crippen MR) is 74.8 cm³/mol. The fourth-order valence-electron chi connectivity index (χ4n) is 1.63. The maximum Gasteiger partial charge on any atom is 0.306 e. The van der Waals surface area contributed by atoms with Gasteiger partial charge in [0.15, 0.2) is 0 Å². The highest BCUT2D eigenvalue weighted by molar-refractivity contribution is 5.77. The molecule has 0 aromatic heterocycles. The predicted octanol–water partition coefficient (Wildman–Crippen LogP) is 3.62. The van der Waals surface area contributed by atoms with Crippen LogP contribution >= 0.6 is 0 Å². The summed E-state index contributed by atoms with van der Waals surface area (Å²) in [6.45, 7) is 5.01. The summed E-state index contributed by atoms with van der Waals surface area (Å²) >= 11 is 0. The number of hydrogen-bond acceptors (Lipinski definition) is 4. The Morgan fingerprint density at radius 3 is 1.79 bits per heavy atom. The largest absolute Gasteiger partial charge is 0.466 e. The van der Waals surface area contributed by atoms with Gasteiger partial charge in [0.05, 0.1) is 26.1 Å². The van der Waals surface area contributed by atoms with Crippen LogP contribution in [-0.2, 0) is 19.1 Å². The summed E-state index contributed by atoms with van der Waals surface area (Å²) in [5.41, 5.74) is 0. The van der Waals surface area contributed by atoms with E-state index in [1.54, 1.807) is 0 Å². The van der Waals surface area contributed by atoms with Gasteiger partial charge in [-0.1, -0.05) is 46.0 Å². The highest BCUT2D eigenvalue weighted by atomic mass is 16.5. The minimum Gasteiger partial charge on any atom is -0.466 e. The van der Waals surface area contributed by atoms with Crippen molar-refractivity contribution in [3.05, 3.63) is 0 Å². The summed E-state index contributed by atoms with van der Waals surface area (Å²) in [6.07, 6.45) is 8.04. The molecule has 0 amide bonds. The summed E-state index contributed by atoms with van der Waals surface area (Å²) in [6, 6.07) is 0. The second-order valence-electron chi connectivity index (χ2n) is 4.71. The van der Waals surface area contributed by atoms with Gasteiger partial charge in [-0.25, -0.2) is 0 Å². The number of unbranched alkanes of at least 4 members (excludes halogenated alkanes) is 5. The van der Waals surface area contributed by atoms with Gasteiger partial charge < -0.3 is 9.47 Å². The van der Waals surface area contributed by atoms with Gasteiger partial charge in [0.2, 0.25) is 0 Å². The zero-order valence-electron chi connectivity index (χ0n) is 12.4. The quantitative estimate of drug-likeness (QED) is 0.402. The molecule has 112 valence electrons. The molecule has 0 rings (SSSR count). The lowest BCUT2D eigenvalue weighted by Gasteiger charge is -2.05. The number of rotatable bonds is 12. The fourth-order valence-corrected chi connectivity index (χ4v) is 1.63. The maximum absolute atomic E-state index is 11.3. The number of esters is 2. The Labute approximate surface area is 116 Å². The summed E-state index contributed by atoms with van der Waals surface area (Å²) in [5.74, 6) is -0.625. The van der Waals surface area contributed by atoms with E-state index < -0.39 is 0 Å². The zero-order chi connectivity index (χ0) is 14.3. The minimum absolute atomic E-state index is 0.120. The van der Waals surface area contributed by atoms with Crippen molar-refractivity contribution in [2.45, 2.75) is 71.6 Å². The SMILES string of the molecule is CCCCCCCCOC(=O)CCC(=O)OCCC. The maximum atomic E-state index is 11.3. The first-order valence-corrected chi connectivity index (χ1v) is 7.52. The fraction of sp³-hybridized carbons (Fsp3) is 0.867. The Bertz CT molecular complexity index is 238. The van der Waals surface area contributed by atoms with Crippen LogP contribution in [0.3, 0.4) is 0 Å². The molecule has 0 fully saturated rings. The average molecular weight is 272 g/mol. The van der Waals surface area contributed by atoms with Crippen molar-refractivity contribution < 1.29 is 19.1 Å². The van der Waals surface area contributed by atoms with E-state index in [0.717, 1.165) is 19.3 Å². The van der Waals surface area contributed by atoms with Crippen LogP contribution in [-0.4, -0.2) is 25.2 Å².